The number of amides is 1. The number of aryl methyl sites for hydroxylation is 1. The fourth-order valence-electron chi connectivity index (χ4n) is 2.23. The highest BCUT2D eigenvalue weighted by molar-refractivity contribution is 7.92. The van der Waals surface area contributed by atoms with Crippen molar-refractivity contribution in [1.29, 1.82) is 0 Å². The van der Waals surface area contributed by atoms with Crippen molar-refractivity contribution in [3.63, 3.8) is 0 Å². The van der Waals surface area contributed by atoms with Gasteiger partial charge in [-0.15, -0.1) is 0 Å². The van der Waals surface area contributed by atoms with Gasteiger partial charge in [-0.2, -0.15) is 0 Å². The smallest absolute Gasteiger partial charge is 0.253 e. The quantitative estimate of drug-likeness (QED) is 0.707. The molecule has 134 valence electrons. The molecule has 2 rings (SSSR count). The normalized spacial score (nSPS) is 11.0. The molecule has 0 unspecified atom stereocenters. The van der Waals surface area contributed by atoms with E-state index in [4.69, 9.17) is 4.74 Å². The molecule has 1 amide bonds. The average Bonchev–Trinajstić information content (AvgIpc) is 2.53. The molecule has 0 saturated heterocycles. The van der Waals surface area contributed by atoms with Crippen molar-refractivity contribution in [2.24, 2.45) is 0 Å². The molecule has 0 aliphatic heterocycles. The van der Waals surface area contributed by atoms with E-state index < -0.39 is 10.0 Å². The molecule has 0 aromatic heterocycles. The standard InChI is InChI=1S/C18H22N2O4S/c1-14-7-5-8-15(13-14)24-12-6-11-19-18(21)16-9-3-4-10-17(16)20-25(2,22)23/h3-5,7-10,13,20H,6,11-12H2,1-2H3,(H,19,21). The molecule has 0 spiro atoms. The van der Waals surface area contributed by atoms with E-state index in [-0.39, 0.29) is 17.2 Å². The number of carbonyl (C=O) groups excluding carboxylic acids is 1. The lowest BCUT2D eigenvalue weighted by molar-refractivity contribution is 0.0952. The van der Waals surface area contributed by atoms with Crippen LogP contribution in [0.4, 0.5) is 5.69 Å². The minimum atomic E-state index is -3.45. The molecule has 7 heteroatoms. The Labute approximate surface area is 148 Å². The van der Waals surface area contributed by atoms with Crippen LogP contribution < -0.4 is 14.8 Å². The van der Waals surface area contributed by atoms with E-state index in [0.717, 1.165) is 17.6 Å². The number of anilines is 1. The number of hydrogen-bond acceptors (Lipinski definition) is 4. The number of carbonyl (C=O) groups is 1. The lowest BCUT2D eigenvalue weighted by Gasteiger charge is -2.11. The number of hydrogen-bond donors (Lipinski definition) is 2. The maximum atomic E-state index is 12.2. The Morgan fingerprint density at radius 1 is 1.12 bits per heavy atom. The molecule has 0 fully saturated rings. The Kier molecular flexibility index (Phi) is 6.41. The maximum absolute atomic E-state index is 12.2. The first-order valence-electron chi connectivity index (χ1n) is 7.89. The van der Waals surface area contributed by atoms with Crippen molar-refractivity contribution >= 4 is 21.6 Å². The lowest BCUT2D eigenvalue weighted by Crippen LogP contribution is -2.27. The summed E-state index contributed by atoms with van der Waals surface area (Å²) < 4.78 is 30.7. The van der Waals surface area contributed by atoms with Crippen LogP contribution in [0.1, 0.15) is 22.3 Å². The highest BCUT2D eigenvalue weighted by atomic mass is 32.2. The fraction of sp³-hybridized carbons (Fsp3) is 0.278. The Bertz CT molecular complexity index is 834. The number of rotatable bonds is 8. The number of sulfonamides is 1. The minimum Gasteiger partial charge on any atom is -0.494 e. The molecule has 0 radical (unpaired) electrons. The molecule has 0 atom stereocenters. The summed E-state index contributed by atoms with van der Waals surface area (Å²) in [6.45, 7) is 2.90. The van der Waals surface area contributed by atoms with Gasteiger partial charge in [0.1, 0.15) is 5.75 Å². The molecule has 2 N–H and O–H groups in total. The predicted molar refractivity (Wildman–Crippen MR) is 98.5 cm³/mol. The minimum absolute atomic E-state index is 0.263. The summed E-state index contributed by atoms with van der Waals surface area (Å²) in [6.07, 6.45) is 1.69. The van der Waals surface area contributed by atoms with E-state index in [1.807, 2.05) is 31.2 Å². The Balaban J connectivity index is 1.82. The second-order valence-electron chi connectivity index (χ2n) is 5.69. The van der Waals surface area contributed by atoms with Crippen LogP contribution in [0, 0.1) is 6.92 Å². The molecule has 0 bridgehead atoms. The van der Waals surface area contributed by atoms with Gasteiger partial charge in [0, 0.05) is 6.54 Å². The summed E-state index contributed by atoms with van der Waals surface area (Å²) in [4.78, 5) is 12.2. The highest BCUT2D eigenvalue weighted by Crippen LogP contribution is 2.16. The van der Waals surface area contributed by atoms with Crippen LogP contribution in [-0.2, 0) is 10.0 Å². The van der Waals surface area contributed by atoms with Crippen molar-refractivity contribution in [3.8, 4) is 5.75 Å². The van der Waals surface area contributed by atoms with E-state index in [1.165, 1.54) is 0 Å². The summed E-state index contributed by atoms with van der Waals surface area (Å²) in [7, 11) is -3.45. The maximum Gasteiger partial charge on any atom is 0.253 e. The van der Waals surface area contributed by atoms with Gasteiger partial charge in [0.25, 0.3) is 5.91 Å². The van der Waals surface area contributed by atoms with Crippen molar-refractivity contribution in [2.45, 2.75) is 13.3 Å². The number of nitrogens with one attached hydrogen (secondary N) is 2. The molecule has 6 nitrogen and oxygen atoms in total. The Morgan fingerprint density at radius 3 is 2.60 bits per heavy atom. The number of para-hydroxylation sites is 1. The third kappa shape index (κ3) is 6.46. The second kappa shape index (κ2) is 8.53. The van der Waals surface area contributed by atoms with Gasteiger partial charge in [0.05, 0.1) is 24.1 Å². The van der Waals surface area contributed by atoms with Crippen molar-refractivity contribution < 1.29 is 17.9 Å². The van der Waals surface area contributed by atoms with Gasteiger partial charge in [0.15, 0.2) is 0 Å². The third-order valence-electron chi connectivity index (χ3n) is 3.33. The zero-order chi connectivity index (χ0) is 18.3. The molecule has 0 saturated carbocycles. The molecule has 0 aliphatic rings. The zero-order valence-electron chi connectivity index (χ0n) is 14.3. The lowest BCUT2D eigenvalue weighted by atomic mass is 10.1. The van der Waals surface area contributed by atoms with Crippen LogP contribution in [-0.4, -0.2) is 33.7 Å². The van der Waals surface area contributed by atoms with Crippen molar-refractivity contribution in [3.05, 3.63) is 59.7 Å². The largest absolute Gasteiger partial charge is 0.494 e. The summed E-state index contributed by atoms with van der Waals surface area (Å²) in [6, 6.07) is 14.2. The van der Waals surface area contributed by atoms with Crippen LogP contribution in [0.5, 0.6) is 5.75 Å². The second-order valence-corrected chi connectivity index (χ2v) is 7.44. The third-order valence-corrected chi connectivity index (χ3v) is 3.92. The molecule has 2 aromatic rings. The SMILES string of the molecule is Cc1cccc(OCCCNC(=O)c2ccccc2NS(C)(=O)=O)c1. The number of ether oxygens (including phenoxy) is 1. The molecule has 2 aromatic carbocycles. The number of benzene rings is 2. The van der Waals surface area contributed by atoms with E-state index in [0.29, 0.717) is 19.6 Å². The van der Waals surface area contributed by atoms with Crippen molar-refractivity contribution in [2.75, 3.05) is 24.1 Å². The van der Waals surface area contributed by atoms with Gasteiger partial charge < -0.3 is 10.1 Å². The van der Waals surface area contributed by atoms with Gasteiger partial charge >= 0.3 is 0 Å². The molecule has 0 aliphatic carbocycles. The molecular weight excluding hydrogens is 340 g/mol. The van der Waals surface area contributed by atoms with Gasteiger partial charge in [0.2, 0.25) is 10.0 Å². The Hall–Kier alpha value is -2.54. The van der Waals surface area contributed by atoms with E-state index in [2.05, 4.69) is 10.0 Å². The topological polar surface area (TPSA) is 84.5 Å². The van der Waals surface area contributed by atoms with Crippen LogP contribution in [0.25, 0.3) is 0 Å². The first kappa shape index (κ1) is 18.8. The van der Waals surface area contributed by atoms with Crippen molar-refractivity contribution in [1.82, 2.24) is 5.32 Å². The van der Waals surface area contributed by atoms with Crippen LogP contribution in [0.2, 0.25) is 0 Å². The van der Waals surface area contributed by atoms with E-state index >= 15 is 0 Å². The molecule has 25 heavy (non-hydrogen) atoms. The summed E-state index contributed by atoms with van der Waals surface area (Å²) in [5.41, 5.74) is 1.67. The first-order valence-corrected chi connectivity index (χ1v) is 9.79. The summed E-state index contributed by atoms with van der Waals surface area (Å²) in [5, 5.41) is 2.77. The van der Waals surface area contributed by atoms with Crippen LogP contribution in [0.15, 0.2) is 48.5 Å². The van der Waals surface area contributed by atoms with Gasteiger partial charge in [-0.3, -0.25) is 9.52 Å². The van der Waals surface area contributed by atoms with E-state index in [9.17, 15) is 13.2 Å². The monoisotopic (exact) mass is 362 g/mol. The molecular formula is C18H22N2O4S. The van der Waals surface area contributed by atoms with Crippen LogP contribution >= 0.6 is 0 Å². The van der Waals surface area contributed by atoms with E-state index in [1.54, 1.807) is 24.3 Å². The summed E-state index contributed by atoms with van der Waals surface area (Å²) in [5.74, 6) is 0.469. The van der Waals surface area contributed by atoms with Crippen LogP contribution in [0.3, 0.4) is 0 Å². The summed E-state index contributed by atoms with van der Waals surface area (Å²) >= 11 is 0. The Morgan fingerprint density at radius 2 is 1.88 bits per heavy atom. The first-order chi connectivity index (χ1) is 11.8. The predicted octanol–water partition coefficient (Wildman–Crippen LogP) is 2.57. The van der Waals surface area contributed by atoms with Gasteiger partial charge in [-0.25, -0.2) is 8.42 Å². The zero-order valence-corrected chi connectivity index (χ0v) is 15.1. The fourth-order valence-corrected chi connectivity index (χ4v) is 2.81. The van der Waals surface area contributed by atoms with Gasteiger partial charge in [-0.05, 0) is 43.2 Å². The highest BCUT2D eigenvalue weighted by Gasteiger charge is 2.13. The van der Waals surface area contributed by atoms with Gasteiger partial charge in [-0.1, -0.05) is 24.3 Å². The average molecular weight is 362 g/mol. The molecule has 0 heterocycles.